The van der Waals surface area contributed by atoms with Gasteiger partial charge in [-0.05, 0) is 33.6 Å². The summed E-state index contributed by atoms with van der Waals surface area (Å²) >= 11 is 0. The first-order valence-corrected chi connectivity index (χ1v) is 9.86. The SMILES string of the molecule is CCCN(CCC)[P+](N(C)CC)(N(C)CC)N(C)CC. The fourth-order valence-corrected chi connectivity index (χ4v) is 7.83. The zero-order valence-corrected chi connectivity index (χ0v) is 16.1. The van der Waals surface area contributed by atoms with Crippen LogP contribution in [-0.4, -0.2) is 72.5 Å². The third-order valence-corrected chi connectivity index (χ3v) is 8.85. The van der Waals surface area contributed by atoms with E-state index < -0.39 is 7.87 Å². The first kappa shape index (κ1) is 20.3. The second-order valence-electron chi connectivity index (χ2n) is 5.41. The molecule has 0 rings (SSSR count). The van der Waals surface area contributed by atoms with Crippen LogP contribution in [0.15, 0.2) is 0 Å². The summed E-state index contributed by atoms with van der Waals surface area (Å²) in [5.74, 6) is 0. The van der Waals surface area contributed by atoms with E-state index in [4.69, 9.17) is 0 Å². The number of hydrogen-bond donors (Lipinski definition) is 0. The summed E-state index contributed by atoms with van der Waals surface area (Å²) in [6, 6.07) is 0. The summed E-state index contributed by atoms with van der Waals surface area (Å²) < 4.78 is 10.5. The molecule has 0 aromatic heterocycles. The van der Waals surface area contributed by atoms with Gasteiger partial charge < -0.3 is 0 Å². The van der Waals surface area contributed by atoms with Crippen LogP contribution in [0.1, 0.15) is 47.5 Å². The van der Waals surface area contributed by atoms with Crippen molar-refractivity contribution in [3.8, 4) is 0 Å². The lowest BCUT2D eigenvalue weighted by atomic mass is 10.4. The molecule has 0 atom stereocenters. The number of hydrogen-bond acceptors (Lipinski definition) is 4. The van der Waals surface area contributed by atoms with Crippen LogP contribution in [-0.2, 0) is 0 Å². The Hall–Kier alpha value is 0.270. The van der Waals surface area contributed by atoms with E-state index in [9.17, 15) is 0 Å². The van der Waals surface area contributed by atoms with Gasteiger partial charge in [-0.25, -0.2) is 0 Å². The molecule has 0 saturated heterocycles. The average molecular weight is 305 g/mol. The Morgan fingerprint density at radius 2 is 0.900 bits per heavy atom. The molecule has 0 aromatic rings. The van der Waals surface area contributed by atoms with E-state index >= 15 is 0 Å². The molecule has 0 amide bonds. The molecule has 4 nitrogen and oxygen atoms in total. The van der Waals surface area contributed by atoms with Crippen molar-refractivity contribution in [3.63, 3.8) is 0 Å². The van der Waals surface area contributed by atoms with Gasteiger partial charge in [0, 0.05) is 53.9 Å². The smallest absolute Gasteiger partial charge is 0.136 e. The van der Waals surface area contributed by atoms with Gasteiger partial charge in [-0.3, -0.25) is 0 Å². The molecule has 0 fully saturated rings. The standard InChI is InChI=1S/C15H38N4P/c1-9-14-19(15-10-2)20(16(6)11-3,17(7)12-4)18(8)13-5/h9-15H2,1-8H3/q+1. The predicted molar refractivity (Wildman–Crippen MR) is 94.0 cm³/mol. The quantitative estimate of drug-likeness (QED) is 0.540. The highest BCUT2D eigenvalue weighted by atomic mass is 31.2. The van der Waals surface area contributed by atoms with Crippen molar-refractivity contribution >= 4 is 7.87 Å². The highest BCUT2D eigenvalue weighted by Crippen LogP contribution is 2.68. The van der Waals surface area contributed by atoms with Gasteiger partial charge in [0.2, 0.25) is 0 Å². The fraction of sp³-hybridized carbons (Fsp3) is 1.00. The molecule has 0 saturated carbocycles. The number of nitrogens with zero attached hydrogens (tertiary/aromatic N) is 4. The summed E-state index contributed by atoms with van der Waals surface area (Å²) in [5, 5.41) is 0. The normalized spacial score (nSPS) is 13.2. The van der Waals surface area contributed by atoms with Crippen molar-refractivity contribution in [3.05, 3.63) is 0 Å². The lowest BCUT2D eigenvalue weighted by Gasteiger charge is -2.48. The zero-order chi connectivity index (χ0) is 15.8. The van der Waals surface area contributed by atoms with Gasteiger partial charge in [-0.15, -0.1) is 18.7 Å². The van der Waals surface area contributed by atoms with Crippen molar-refractivity contribution in [2.45, 2.75) is 47.5 Å². The van der Waals surface area contributed by atoms with Crippen LogP contribution in [0.5, 0.6) is 0 Å². The molecule has 0 heterocycles. The maximum absolute atomic E-state index is 2.75. The third kappa shape index (κ3) is 4.14. The van der Waals surface area contributed by atoms with Gasteiger partial charge in [0.1, 0.15) is 0 Å². The van der Waals surface area contributed by atoms with Crippen LogP contribution >= 0.6 is 7.87 Å². The minimum Gasteiger partial charge on any atom is -0.136 e. The molecular weight excluding hydrogens is 267 g/mol. The summed E-state index contributed by atoms with van der Waals surface area (Å²) in [4.78, 5) is 0. The maximum Gasteiger partial charge on any atom is 0.307 e. The molecule has 0 aliphatic heterocycles. The Morgan fingerprint density at radius 3 is 1.10 bits per heavy atom. The Balaban J connectivity index is 5.77. The highest BCUT2D eigenvalue weighted by Gasteiger charge is 2.56. The molecule has 0 aromatic carbocycles. The van der Waals surface area contributed by atoms with Crippen LogP contribution in [0.4, 0.5) is 0 Å². The molecule has 0 spiro atoms. The van der Waals surface area contributed by atoms with E-state index in [0.717, 1.165) is 19.6 Å². The monoisotopic (exact) mass is 305 g/mol. The fourth-order valence-electron chi connectivity index (χ4n) is 2.90. The largest absolute Gasteiger partial charge is 0.307 e. The molecule has 0 bridgehead atoms. The summed E-state index contributed by atoms with van der Waals surface area (Å²) in [6.45, 7) is 17.0. The molecule has 0 aliphatic rings. The van der Waals surface area contributed by atoms with Gasteiger partial charge in [-0.1, -0.05) is 13.8 Å². The van der Waals surface area contributed by atoms with Gasteiger partial charge in [0.25, 0.3) is 0 Å². The summed E-state index contributed by atoms with van der Waals surface area (Å²) in [6.07, 6.45) is 2.43. The molecule has 0 N–H and O–H groups in total. The number of rotatable bonds is 11. The Kier molecular flexibility index (Phi) is 10.2. The predicted octanol–water partition coefficient (Wildman–Crippen LogP) is 3.64. The molecule has 0 aliphatic carbocycles. The molecular formula is C15H38N4P+. The van der Waals surface area contributed by atoms with Gasteiger partial charge in [0.05, 0.1) is 0 Å². The topological polar surface area (TPSA) is 13.0 Å². The van der Waals surface area contributed by atoms with Gasteiger partial charge in [-0.2, -0.15) is 0 Å². The average Bonchev–Trinajstić information content (AvgIpc) is 2.47. The zero-order valence-electron chi connectivity index (χ0n) is 15.2. The van der Waals surface area contributed by atoms with E-state index in [1.807, 2.05) is 0 Å². The van der Waals surface area contributed by atoms with E-state index in [0.29, 0.717) is 0 Å². The minimum atomic E-state index is -1.58. The van der Waals surface area contributed by atoms with Crippen LogP contribution in [0.25, 0.3) is 0 Å². The third-order valence-electron chi connectivity index (χ3n) is 4.09. The Labute approximate surface area is 128 Å². The molecule has 122 valence electrons. The van der Waals surface area contributed by atoms with E-state index in [1.54, 1.807) is 0 Å². The van der Waals surface area contributed by atoms with Crippen molar-refractivity contribution in [2.24, 2.45) is 0 Å². The van der Waals surface area contributed by atoms with E-state index in [1.165, 1.54) is 25.9 Å². The molecule has 0 unspecified atom stereocenters. The van der Waals surface area contributed by atoms with Crippen molar-refractivity contribution < 1.29 is 0 Å². The van der Waals surface area contributed by atoms with Gasteiger partial charge >= 0.3 is 7.87 Å². The second kappa shape index (κ2) is 10.1. The minimum absolute atomic E-state index is 1.09. The van der Waals surface area contributed by atoms with Crippen LogP contribution < -0.4 is 0 Å². The van der Waals surface area contributed by atoms with Crippen LogP contribution in [0.3, 0.4) is 0 Å². The van der Waals surface area contributed by atoms with Crippen molar-refractivity contribution in [2.75, 3.05) is 53.9 Å². The van der Waals surface area contributed by atoms with Crippen molar-refractivity contribution in [1.82, 2.24) is 18.7 Å². The molecule has 20 heavy (non-hydrogen) atoms. The summed E-state index contributed by atoms with van der Waals surface area (Å²) in [7, 11) is 5.31. The van der Waals surface area contributed by atoms with Crippen LogP contribution in [0.2, 0.25) is 0 Å². The molecule has 0 radical (unpaired) electrons. The first-order valence-electron chi connectivity index (χ1n) is 8.26. The lowest BCUT2D eigenvalue weighted by Crippen LogP contribution is -2.50. The van der Waals surface area contributed by atoms with Crippen molar-refractivity contribution in [1.29, 1.82) is 0 Å². The lowest BCUT2D eigenvalue weighted by molar-refractivity contribution is 0.289. The Bertz CT molecular complexity index is 217. The van der Waals surface area contributed by atoms with Gasteiger partial charge in [0.15, 0.2) is 0 Å². The Morgan fingerprint density at radius 1 is 0.600 bits per heavy atom. The van der Waals surface area contributed by atoms with E-state index in [-0.39, 0.29) is 0 Å². The van der Waals surface area contributed by atoms with E-state index in [2.05, 4.69) is 74.4 Å². The molecule has 5 heteroatoms. The van der Waals surface area contributed by atoms with Crippen LogP contribution in [0, 0.1) is 0 Å². The highest BCUT2D eigenvalue weighted by molar-refractivity contribution is 7.66. The second-order valence-corrected chi connectivity index (χ2v) is 9.10. The summed E-state index contributed by atoms with van der Waals surface area (Å²) in [5.41, 5.74) is 0. The first-order chi connectivity index (χ1) is 9.46. The maximum atomic E-state index is 2.75.